The Hall–Kier alpha value is -4.22. The Morgan fingerprint density at radius 3 is 2.71 bits per heavy atom. The number of rotatable bonds is 12. The Labute approximate surface area is 264 Å². The van der Waals surface area contributed by atoms with Gasteiger partial charge in [0.2, 0.25) is 16.0 Å². The third-order valence-corrected chi connectivity index (χ3v) is 10.0. The van der Waals surface area contributed by atoms with E-state index >= 15 is 0 Å². The predicted molar refractivity (Wildman–Crippen MR) is 177 cm³/mol. The van der Waals surface area contributed by atoms with Crippen LogP contribution in [0.3, 0.4) is 0 Å². The maximum atomic E-state index is 13.8. The van der Waals surface area contributed by atoms with Gasteiger partial charge in [-0.2, -0.15) is 0 Å². The van der Waals surface area contributed by atoms with E-state index in [1.54, 1.807) is 18.3 Å². The van der Waals surface area contributed by atoms with Crippen LogP contribution in [0, 0.1) is 23.7 Å². The summed E-state index contributed by atoms with van der Waals surface area (Å²) in [5.41, 5.74) is 4.39. The van der Waals surface area contributed by atoms with Crippen LogP contribution < -0.4 is 15.4 Å². The maximum Gasteiger partial charge on any atom is 0.407 e. The molecule has 236 valence electrons. The summed E-state index contributed by atoms with van der Waals surface area (Å²) in [7, 11) is -3.82. The van der Waals surface area contributed by atoms with Crippen molar-refractivity contribution >= 4 is 34.4 Å². The number of nitrogens with one attached hydrogen (secondary N) is 4. The summed E-state index contributed by atoms with van der Waals surface area (Å²) in [4.78, 5) is 26.0. The third-order valence-electron chi connectivity index (χ3n) is 8.47. The Balaban J connectivity index is 1.34. The van der Waals surface area contributed by atoms with Gasteiger partial charge in [0, 0.05) is 36.2 Å². The van der Waals surface area contributed by atoms with Crippen LogP contribution in [-0.4, -0.2) is 49.3 Å². The highest BCUT2D eigenvalue weighted by Crippen LogP contribution is 2.49. The van der Waals surface area contributed by atoms with E-state index in [0.717, 1.165) is 40.9 Å². The van der Waals surface area contributed by atoms with Crippen LogP contribution >= 0.6 is 0 Å². The number of carbonyl (C=O) groups excluding carboxylic acids is 1. The first-order valence-electron chi connectivity index (χ1n) is 15.5. The Morgan fingerprint density at radius 2 is 1.98 bits per heavy atom. The van der Waals surface area contributed by atoms with Gasteiger partial charge in [-0.25, -0.2) is 22.9 Å². The maximum absolute atomic E-state index is 13.8. The van der Waals surface area contributed by atoms with E-state index in [0.29, 0.717) is 29.7 Å². The minimum atomic E-state index is -3.82. The minimum absolute atomic E-state index is 0.126. The number of imidazole rings is 1. The molecule has 10 nitrogen and oxygen atoms in total. The predicted octanol–water partition coefficient (Wildman–Crippen LogP) is 5.47. The van der Waals surface area contributed by atoms with Crippen LogP contribution in [0.4, 0.5) is 10.7 Å². The number of aliphatic imine (C=N–C) groups is 1. The van der Waals surface area contributed by atoms with Gasteiger partial charge < -0.3 is 20.4 Å². The first kappa shape index (κ1) is 30.8. The van der Waals surface area contributed by atoms with Gasteiger partial charge in [-0.05, 0) is 54.0 Å². The van der Waals surface area contributed by atoms with Crippen LogP contribution in [-0.2, 0) is 21.4 Å². The summed E-state index contributed by atoms with van der Waals surface area (Å²) in [6, 6.07) is 8.73. The van der Waals surface area contributed by atoms with Crippen molar-refractivity contribution in [3.8, 4) is 0 Å². The van der Waals surface area contributed by atoms with E-state index in [1.807, 2.05) is 68.6 Å². The molecule has 0 spiro atoms. The summed E-state index contributed by atoms with van der Waals surface area (Å²) in [6.07, 6.45) is 14.9. The third kappa shape index (κ3) is 7.04. The van der Waals surface area contributed by atoms with Crippen molar-refractivity contribution < 1.29 is 17.9 Å². The molecule has 0 saturated heterocycles. The number of hydrogen-bond acceptors (Lipinski definition) is 7. The molecule has 4 atom stereocenters. The molecule has 0 radical (unpaired) electrons. The average molecular weight is 629 g/mol. The number of aromatic nitrogens is 2. The van der Waals surface area contributed by atoms with Crippen molar-refractivity contribution in [2.24, 2.45) is 28.7 Å². The van der Waals surface area contributed by atoms with Gasteiger partial charge in [-0.1, -0.05) is 69.0 Å². The molecule has 4 aliphatic rings. The number of amides is 1. The number of carbonyl (C=O) groups is 1. The van der Waals surface area contributed by atoms with Crippen LogP contribution in [0.5, 0.6) is 0 Å². The molecule has 0 bridgehead atoms. The molecule has 2 unspecified atom stereocenters. The van der Waals surface area contributed by atoms with Crippen molar-refractivity contribution in [2.75, 3.05) is 11.9 Å². The number of fused-ring (bicyclic) bond motifs is 2. The lowest BCUT2D eigenvalue weighted by atomic mass is 9.77. The van der Waals surface area contributed by atoms with E-state index < -0.39 is 28.1 Å². The zero-order valence-electron chi connectivity index (χ0n) is 25.6. The topological polar surface area (TPSA) is 138 Å². The second-order valence-corrected chi connectivity index (χ2v) is 14.1. The number of anilines is 1. The summed E-state index contributed by atoms with van der Waals surface area (Å²) in [5, 5.41) is 6.54. The Morgan fingerprint density at radius 1 is 1.18 bits per heavy atom. The molecule has 2 aromatic rings. The van der Waals surface area contributed by atoms with Crippen molar-refractivity contribution in [3.63, 3.8) is 0 Å². The van der Waals surface area contributed by atoms with Crippen molar-refractivity contribution in [1.29, 1.82) is 0 Å². The van der Waals surface area contributed by atoms with Gasteiger partial charge in [0.15, 0.2) is 0 Å². The smallest absolute Gasteiger partial charge is 0.407 e. The molecule has 45 heavy (non-hydrogen) atoms. The highest BCUT2D eigenvalue weighted by atomic mass is 32.2. The van der Waals surface area contributed by atoms with E-state index in [-0.39, 0.29) is 24.5 Å². The fourth-order valence-electron chi connectivity index (χ4n) is 6.12. The van der Waals surface area contributed by atoms with E-state index in [1.165, 1.54) is 0 Å². The molecule has 1 amide bonds. The normalized spacial score (nSPS) is 24.2. The molecule has 11 heteroatoms. The number of nitrogens with zero attached hydrogens (tertiary/aromatic N) is 2. The Bertz CT molecular complexity index is 1700. The molecule has 1 fully saturated rings. The van der Waals surface area contributed by atoms with Crippen molar-refractivity contribution in [2.45, 2.75) is 51.8 Å². The number of benzene rings is 1. The fraction of sp³-hybridized carbons (Fsp3) is 0.382. The number of allylic oxidation sites excluding steroid dienone is 5. The molecular formula is C34H40N6O4S. The summed E-state index contributed by atoms with van der Waals surface area (Å²) in [6.45, 7) is 8.12. The molecule has 1 aromatic carbocycles. The zero-order valence-corrected chi connectivity index (χ0v) is 26.4. The molecular weight excluding hydrogens is 588 g/mol. The second kappa shape index (κ2) is 13.0. The van der Waals surface area contributed by atoms with Crippen LogP contribution in [0.15, 0.2) is 94.2 Å². The summed E-state index contributed by atoms with van der Waals surface area (Å²) >= 11 is 0. The van der Waals surface area contributed by atoms with Gasteiger partial charge >= 0.3 is 6.09 Å². The largest absolute Gasteiger partial charge is 0.445 e. The summed E-state index contributed by atoms with van der Waals surface area (Å²) in [5.74, 6) is 0.382. The van der Waals surface area contributed by atoms with Crippen LogP contribution in [0.2, 0.25) is 0 Å². The molecule has 1 aliphatic heterocycles. The van der Waals surface area contributed by atoms with E-state index in [9.17, 15) is 13.2 Å². The van der Waals surface area contributed by atoms with Gasteiger partial charge in [0.05, 0.1) is 28.9 Å². The molecule has 1 saturated carbocycles. The number of H-pyrrole nitrogens is 1. The van der Waals surface area contributed by atoms with Gasteiger partial charge in [0.1, 0.15) is 6.61 Å². The van der Waals surface area contributed by atoms with Crippen molar-refractivity contribution in [1.82, 2.24) is 20.0 Å². The number of ether oxygens (including phenoxy) is 1. The highest BCUT2D eigenvalue weighted by molar-refractivity contribution is 7.93. The first-order valence-corrected chi connectivity index (χ1v) is 17.0. The molecule has 6 rings (SSSR count). The zero-order chi connectivity index (χ0) is 31.6. The second-order valence-electron chi connectivity index (χ2n) is 12.4. The number of aromatic amines is 1. The number of alkyl carbamates (subject to hydrolysis) is 1. The monoisotopic (exact) mass is 628 g/mol. The van der Waals surface area contributed by atoms with Crippen LogP contribution in [0.25, 0.3) is 6.08 Å². The number of sulfonamides is 1. The number of hydrogen-bond donors (Lipinski definition) is 4. The van der Waals surface area contributed by atoms with Gasteiger partial charge in [-0.3, -0.25) is 4.99 Å². The fourth-order valence-corrected chi connectivity index (χ4v) is 7.69. The minimum Gasteiger partial charge on any atom is -0.445 e. The molecule has 3 aliphatic carbocycles. The van der Waals surface area contributed by atoms with Gasteiger partial charge in [0.25, 0.3) is 0 Å². The molecule has 4 N–H and O–H groups in total. The lowest BCUT2D eigenvalue weighted by Gasteiger charge is -2.35. The standard InChI is InChI=1S/C34H40N6O4S/c1-4-5-11-24-18-36-33(38-24)39-30-16-29(40-34(41)44-20-22-9-7-6-8-10-22)26-15-31(45(42,43)37-17-21(2)3)25-14-28(23-12-13-23)35-19-27(25)32(26)30/h4-11,14-15,18-19,21,23,25,27,29-30,37H,1,12-13,16-17,20H2,2-3H3,(H,40,41)(H2,36,38,39)/b11-5-/t25?,27?,29-,30-/m0/s1. The lowest BCUT2D eigenvalue weighted by molar-refractivity contribution is 0.137. The van der Waals surface area contributed by atoms with E-state index in [4.69, 9.17) is 9.73 Å². The van der Waals surface area contributed by atoms with Gasteiger partial charge in [-0.15, -0.1) is 0 Å². The Kier molecular flexibility index (Phi) is 8.91. The van der Waals surface area contributed by atoms with E-state index in [2.05, 4.69) is 31.9 Å². The molecule has 2 heterocycles. The van der Waals surface area contributed by atoms with Crippen molar-refractivity contribution in [3.05, 3.63) is 100 Å². The first-order chi connectivity index (χ1) is 21.7. The summed E-state index contributed by atoms with van der Waals surface area (Å²) < 4.78 is 36.1. The highest BCUT2D eigenvalue weighted by Gasteiger charge is 2.47. The lowest BCUT2D eigenvalue weighted by Crippen LogP contribution is -2.38. The van der Waals surface area contributed by atoms with Crippen LogP contribution in [0.1, 0.15) is 44.4 Å². The average Bonchev–Trinajstić information content (AvgIpc) is 3.70. The quantitative estimate of drug-likeness (QED) is 0.230. The SMILES string of the molecule is C=C/C=C\c1cnc(N[C@H]2C[C@H](NC(=O)OCc3ccccc3)C3=C2C2C=NC(C4CC4)=CC2C(S(=O)(=O)NCC(C)C)=C3)[nH]1. The molecule has 1 aromatic heterocycles.